The van der Waals surface area contributed by atoms with Crippen LogP contribution in [0.4, 0.5) is 4.39 Å². The Hall–Kier alpha value is -2.11. The van der Waals surface area contributed by atoms with E-state index in [0.717, 1.165) is 10.7 Å². The number of aliphatic hydroxyl groups excluding tert-OH is 1. The lowest BCUT2D eigenvalue weighted by atomic mass is 10.1. The maximum Gasteiger partial charge on any atom is 0.168 e. The molecule has 3 rings (SSSR count). The molecule has 5 heteroatoms. The molecule has 0 fully saturated rings. The SMILES string of the molecule is Cc1ccc(Cn2cc(CO)nc2SCc2cccc(F)c2)cc1. The third-order valence-corrected chi connectivity index (χ3v) is 4.74. The van der Waals surface area contributed by atoms with Crippen molar-refractivity contribution < 1.29 is 9.50 Å². The van der Waals surface area contributed by atoms with Gasteiger partial charge in [0.2, 0.25) is 0 Å². The molecule has 0 saturated carbocycles. The maximum absolute atomic E-state index is 13.3. The summed E-state index contributed by atoms with van der Waals surface area (Å²) in [6.45, 7) is 2.67. The van der Waals surface area contributed by atoms with Crippen LogP contribution in [0.1, 0.15) is 22.4 Å². The van der Waals surface area contributed by atoms with Gasteiger partial charge in [-0.2, -0.15) is 0 Å². The van der Waals surface area contributed by atoms with Crippen LogP contribution in [0.25, 0.3) is 0 Å². The smallest absolute Gasteiger partial charge is 0.168 e. The molecule has 3 aromatic rings. The Bertz CT molecular complexity index is 814. The van der Waals surface area contributed by atoms with Crippen LogP contribution in [-0.4, -0.2) is 14.7 Å². The van der Waals surface area contributed by atoms with Gasteiger partial charge in [0.25, 0.3) is 0 Å². The first-order chi connectivity index (χ1) is 11.6. The first-order valence-corrected chi connectivity index (χ1v) is 8.72. The molecule has 1 heterocycles. The lowest BCUT2D eigenvalue weighted by molar-refractivity contribution is 0.277. The van der Waals surface area contributed by atoms with Gasteiger partial charge in [0, 0.05) is 18.5 Å². The Morgan fingerprint density at radius 2 is 1.92 bits per heavy atom. The molecule has 24 heavy (non-hydrogen) atoms. The minimum Gasteiger partial charge on any atom is -0.390 e. The molecule has 0 bridgehead atoms. The van der Waals surface area contributed by atoms with Crippen LogP contribution in [0.15, 0.2) is 59.9 Å². The fourth-order valence-corrected chi connectivity index (χ4v) is 3.36. The number of nitrogens with zero attached hydrogens (tertiary/aromatic N) is 2. The van der Waals surface area contributed by atoms with Gasteiger partial charge < -0.3 is 9.67 Å². The summed E-state index contributed by atoms with van der Waals surface area (Å²) in [5, 5.41) is 10.2. The molecule has 0 unspecified atom stereocenters. The van der Waals surface area contributed by atoms with Crippen molar-refractivity contribution in [3.63, 3.8) is 0 Å². The Morgan fingerprint density at radius 1 is 1.12 bits per heavy atom. The monoisotopic (exact) mass is 342 g/mol. The zero-order valence-corrected chi connectivity index (χ0v) is 14.3. The number of aromatic nitrogens is 2. The highest BCUT2D eigenvalue weighted by molar-refractivity contribution is 7.98. The number of hydrogen-bond acceptors (Lipinski definition) is 3. The summed E-state index contributed by atoms with van der Waals surface area (Å²) in [4.78, 5) is 4.46. The Labute approximate surface area is 145 Å². The van der Waals surface area contributed by atoms with Crippen molar-refractivity contribution in [2.24, 2.45) is 0 Å². The van der Waals surface area contributed by atoms with E-state index < -0.39 is 0 Å². The second-order valence-corrected chi connectivity index (χ2v) is 6.65. The Morgan fingerprint density at radius 3 is 2.62 bits per heavy atom. The van der Waals surface area contributed by atoms with E-state index in [1.807, 2.05) is 16.8 Å². The van der Waals surface area contributed by atoms with E-state index in [9.17, 15) is 9.50 Å². The summed E-state index contributed by atoms with van der Waals surface area (Å²) in [6, 6.07) is 14.9. The molecule has 0 amide bonds. The highest BCUT2D eigenvalue weighted by Gasteiger charge is 2.09. The third kappa shape index (κ3) is 4.24. The summed E-state index contributed by atoms with van der Waals surface area (Å²) in [6.07, 6.45) is 1.87. The normalized spacial score (nSPS) is 11.0. The number of hydrogen-bond donors (Lipinski definition) is 1. The molecule has 0 radical (unpaired) electrons. The average Bonchev–Trinajstić information content (AvgIpc) is 2.97. The predicted molar refractivity (Wildman–Crippen MR) is 94.4 cm³/mol. The van der Waals surface area contributed by atoms with Gasteiger partial charge in [-0.1, -0.05) is 53.7 Å². The summed E-state index contributed by atoms with van der Waals surface area (Å²) >= 11 is 1.54. The van der Waals surface area contributed by atoms with E-state index in [4.69, 9.17) is 0 Å². The lowest BCUT2D eigenvalue weighted by Crippen LogP contribution is -2.00. The van der Waals surface area contributed by atoms with Gasteiger partial charge in [0.05, 0.1) is 12.3 Å². The van der Waals surface area contributed by atoms with Gasteiger partial charge in [-0.3, -0.25) is 0 Å². The van der Waals surface area contributed by atoms with Crippen molar-refractivity contribution >= 4 is 11.8 Å². The first-order valence-electron chi connectivity index (χ1n) is 7.74. The van der Waals surface area contributed by atoms with Gasteiger partial charge in [0.1, 0.15) is 5.82 Å². The van der Waals surface area contributed by atoms with Crippen molar-refractivity contribution in [1.29, 1.82) is 0 Å². The average molecular weight is 342 g/mol. The van der Waals surface area contributed by atoms with Crippen LogP contribution < -0.4 is 0 Å². The van der Waals surface area contributed by atoms with Crippen LogP contribution in [0.3, 0.4) is 0 Å². The van der Waals surface area contributed by atoms with Crippen molar-refractivity contribution in [2.45, 2.75) is 31.0 Å². The Kier molecular flexibility index (Phi) is 5.33. The van der Waals surface area contributed by atoms with Crippen LogP contribution >= 0.6 is 11.8 Å². The van der Waals surface area contributed by atoms with Crippen molar-refractivity contribution in [3.8, 4) is 0 Å². The van der Waals surface area contributed by atoms with Gasteiger partial charge in [-0.15, -0.1) is 0 Å². The number of halogens is 1. The van der Waals surface area contributed by atoms with E-state index in [1.165, 1.54) is 23.3 Å². The molecule has 0 aliphatic heterocycles. The number of thioether (sulfide) groups is 1. The molecular weight excluding hydrogens is 323 g/mol. The topological polar surface area (TPSA) is 38.0 Å². The van der Waals surface area contributed by atoms with Crippen molar-refractivity contribution in [2.75, 3.05) is 0 Å². The quantitative estimate of drug-likeness (QED) is 0.684. The fraction of sp³-hybridized carbons (Fsp3) is 0.211. The molecule has 2 aromatic carbocycles. The molecule has 3 nitrogen and oxygen atoms in total. The van der Waals surface area contributed by atoms with Crippen LogP contribution in [0.2, 0.25) is 0 Å². The lowest BCUT2D eigenvalue weighted by Gasteiger charge is -2.08. The van der Waals surface area contributed by atoms with Gasteiger partial charge in [-0.25, -0.2) is 9.37 Å². The largest absolute Gasteiger partial charge is 0.390 e. The molecule has 0 atom stereocenters. The van der Waals surface area contributed by atoms with E-state index in [2.05, 4.69) is 36.2 Å². The minimum atomic E-state index is -0.229. The van der Waals surface area contributed by atoms with E-state index in [0.29, 0.717) is 18.0 Å². The highest BCUT2D eigenvalue weighted by Crippen LogP contribution is 2.24. The van der Waals surface area contributed by atoms with Gasteiger partial charge in [-0.05, 0) is 30.2 Å². The molecule has 0 aliphatic carbocycles. The van der Waals surface area contributed by atoms with Crippen LogP contribution in [0, 0.1) is 12.7 Å². The fourth-order valence-electron chi connectivity index (χ4n) is 2.42. The summed E-state index contributed by atoms with van der Waals surface area (Å²) in [7, 11) is 0. The Balaban J connectivity index is 1.76. The number of aliphatic hydroxyl groups is 1. The zero-order chi connectivity index (χ0) is 16.9. The number of rotatable bonds is 6. The maximum atomic E-state index is 13.3. The summed E-state index contributed by atoms with van der Waals surface area (Å²) in [5.41, 5.74) is 3.95. The number of imidazole rings is 1. The van der Waals surface area contributed by atoms with Gasteiger partial charge >= 0.3 is 0 Å². The van der Waals surface area contributed by atoms with Crippen LogP contribution in [0.5, 0.6) is 0 Å². The molecule has 0 aliphatic rings. The summed E-state index contributed by atoms with van der Waals surface area (Å²) in [5.74, 6) is 0.403. The predicted octanol–water partition coefficient (Wildman–Crippen LogP) is 4.16. The second kappa shape index (κ2) is 7.64. The zero-order valence-electron chi connectivity index (χ0n) is 13.4. The molecular formula is C19H19FN2OS. The standard InChI is InChI=1S/C19H19FN2OS/c1-14-5-7-15(8-6-14)10-22-11-18(12-23)21-19(22)24-13-16-3-2-4-17(20)9-16/h2-9,11,23H,10,12-13H2,1H3. The molecule has 1 aromatic heterocycles. The van der Waals surface area contributed by atoms with Crippen molar-refractivity contribution in [1.82, 2.24) is 9.55 Å². The van der Waals surface area contributed by atoms with Crippen LogP contribution in [-0.2, 0) is 18.9 Å². The minimum absolute atomic E-state index is 0.0889. The molecule has 0 spiro atoms. The number of benzene rings is 2. The third-order valence-electron chi connectivity index (χ3n) is 3.68. The molecule has 0 saturated heterocycles. The van der Waals surface area contributed by atoms with Crippen molar-refractivity contribution in [3.05, 3.63) is 82.9 Å². The second-order valence-electron chi connectivity index (χ2n) is 5.71. The highest BCUT2D eigenvalue weighted by atomic mass is 32.2. The first kappa shape index (κ1) is 16.7. The van der Waals surface area contributed by atoms with E-state index in [-0.39, 0.29) is 12.4 Å². The van der Waals surface area contributed by atoms with E-state index in [1.54, 1.807) is 17.8 Å². The summed E-state index contributed by atoms with van der Waals surface area (Å²) < 4.78 is 15.3. The number of aryl methyl sites for hydroxylation is 1. The van der Waals surface area contributed by atoms with Gasteiger partial charge in [0.15, 0.2) is 5.16 Å². The van der Waals surface area contributed by atoms with E-state index >= 15 is 0 Å². The molecule has 124 valence electrons. The molecule has 1 N–H and O–H groups in total.